The summed E-state index contributed by atoms with van der Waals surface area (Å²) < 4.78 is 0. The Morgan fingerprint density at radius 3 is 2.67 bits per heavy atom. The maximum absolute atomic E-state index is 11.5. The minimum Gasteiger partial charge on any atom is -0.361 e. The van der Waals surface area contributed by atoms with Gasteiger partial charge < -0.3 is 4.98 Å². The largest absolute Gasteiger partial charge is 0.361 e. The molecule has 2 rings (SSSR count). The highest BCUT2D eigenvalue weighted by Crippen LogP contribution is 2.21. The molecule has 4 heteroatoms. The molecule has 0 unspecified atom stereocenters. The lowest BCUT2D eigenvalue weighted by molar-refractivity contribution is 0.0954. The van der Waals surface area contributed by atoms with Gasteiger partial charge in [-0.1, -0.05) is 18.2 Å². The Morgan fingerprint density at radius 2 is 2.00 bits per heavy atom. The lowest BCUT2D eigenvalue weighted by Crippen LogP contribution is -2.30. The Balaban J connectivity index is 2.52. The number of hydrogen-bond acceptors (Lipinski definition) is 2. The van der Waals surface area contributed by atoms with Crippen LogP contribution in [0.25, 0.3) is 11.3 Å². The number of nitrogen functional groups attached to an aromatic ring is 1. The van der Waals surface area contributed by atoms with Crippen molar-refractivity contribution in [1.82, 2.24) is 10.4 Å². The van der Waals surface area contributed by atoms with Gasteiger partial charge in [-0.05, 0) is 18.2 Å². The maximum Gasteiger partial charge on any atom is 0.265 e. The van der Waals surface area contributed by atoms with Gasteiger partial charge in [0, 0.05) is 23.0 Å². The first-order valence-corrected chi connectivity index (χ1v) is 4.56. The Morgan fingerprint density at radius 1 is 1.20 bits per heavy atom. The minimum atomic E-state index is -0.291. The third-order valence-corrected chi connectivity index (χ3v) is 2.19. The molecule has 1 aromatic carbocycles. The fourth-order valence-electron chi connectivity index (χ4n) is 1.49. The van der Waals surface area contributed by atoms with Gasteiger partial charge in [0.1, 0.15) is 0 Å². The van der Waals surface area contributed by atoms with Crippen molar-refractivity contribution in [3.8, 4) is 11.3 Å². The quantitative estimate of drug-likeness (QED) is 0.389. The molecule has 0 radical (unpaired) electrons. The average molecular weight is 201 g/mol. The number of carbonyl (C=O) groups excluding carboxylic acids is 1. The van der Waals surface area contributed by atoms with Gasteiger partial charge in [0.05, 0.1) is 0 Å². The Kier molecular flexibility index (Phi) is 2.51. The van der Waals surface area contributed by atoms with Gasteiger partial charge in [-0.15, -0.1) is 0 Å². The van der Waals surface area contributed by atoms with Crippen molar-refractivity contribution in [2.24, 2.45) is 5.84 Å². The van der Waals surface area contributed by atoms with Crippen molar-refractivity contribution in [2.75, 3.05) is 0 Å². The highest BCUT2D eigenvalue weighted by atomic mass is 16.2. The number of aromatic nitrogens is 1. The zero-order valence-corrected chi connectivity index (χ0v) is 8.03. The van der Waals surface area contributed by atoms with Crippen molar-refractivity contribution in [3.63, 3.8) is 0 Å². The van der Waals surface area contributed by atoms with Gasteiger partial charge in [0.25, 0.3) is 5.91 Å². The van der Waals surface area contributed by atoms with Crippen molar-refractivity contribution in [1.29, 1.82) is 0 Å². The van der Waals surface area contributed by atoms with E-state index in [-0.39, 0.29) is 5.91 Å². The molecule has 1 aromatic heterocycles. The molecule has 15 heavy (non-hydrogen) atoms. The highest BCUT2D eigenvalue weighted by Gasteiger charge is 2.10. The second-order valence-corrected chi connectivity index (χ2v) is 3.10. The van der Waals surface area contributed by atoms with Gasteiger partial charge >= 0.3 is 0 Å². The summed E-state index contributed by atoms with van der Waals surface area (Å²) in [5.74, 6) is 4.83. The molecule has 1 amide bonds. The maximum atomic E-state index is 11.5. The van der Waals surface area contributed by atoms with E-state index in [9.17, 15) is 4.79 Å². The summed E-state index contributed by atoms with van der Waals surface area (Å²) in [6.07, 6.45) is 1.81. The zero-order valence-electron chi connectivity index (χ0n) is 8.03. The predicted octanol–water partition coefficient (Wildman–Crippen LogP) is 1.29. The monoisotopic (exact) mass is 201 g/mol. The summed E-state index contributed by atoms with van der Waals surface area (Å²) in [4.78, 5) is 14.5. The van der Waals surface area contributed by atoms with Crippen molar-refractivity contribution < 1.29 is 4.79 Å². The predicted molar refractivity (Wildman–Crippen MR) is 57.9 cm³/mol. The number of carbonyl (C=O) groups is 1. The number of nitrogens with one attached hydrogen (secondary N) is 2. The van der Waals surface area contributed by atoms with Crippen LogP contribution in [0.4, 0.5) is 0 Å². The number of benzene rings is 1. The fourth-order valence-corrected chi connectivity index (χ4v) is 1.49. The lowest BCUT2D eigenvalue weighted by Gasteiger charge is -2.05. The zero-order chi connectivity index (χ0) is 10.7. The first-order chi connectivity index (χ1) is 7.33. The first-order valence-electron chi connectivity index (χ1n) is 4.56. The van der Waals surface area contributed by atoms with Crippen molar-refractivity contribution >= 4 is 5.91 Å². The standard InChI is InChI=1S/C11H11N3O/c12-14-11(15)9-5-2-1-4-8(9)10-6-3-7-13-10/h1-7,13H,12H2,(H,14,15). The van der Waals surface area contributed by atoms with Crippen LogP contribution in [-0.4, -0.2) is 10.9 Å². The van der Waals surface area contributed by atoms with Crippen molar-refractivity contribution in [3.05, 3.63) is 48.2 Å². The Bertz CT molecular complexity index is 462. The van der Waals surface area contributed by atoms with Gasteiger partial charge in [-0.2, -0.15) is 0 Å². The van der Waals surface area contributed by atoms with Crippen LogP contribution in [0, 0.1) is 0 Å². The summed E-state index contributed by atoms with van der Waals surface area (Å²) in [6, 6.07) is 11.1. The van der Waals surface area contributed by atoms with Crippen LogP contribution in [0.3, 0.4) is 0 Å². The summed E-state index contributed by atoms with van der Waals surface area (Å²) in [7, 11) is 0. The number of aromatic amines is 1. The molecule has 0 aliphatic carbocycles. The molecule has 1 heterocycles. The smallest absolute Gasteiger partial charge is 0.265 e. The summed E-state index contributed by atoms with van der Waals surface area (Å²) in [5, 5.41) is 0. The molecule has 0 saturated carbocycles. The molecule has 0 aliphatic heterocycles. The molecule has 0 atom stereocenters. The van der Waals surface area contributed by atoms with E-state index in [4.69, 9.17) is 5.84 Å². The van der Waals surface area contributed by atoms with Gasteiger partial charge in [0.15, 0.2) is 0 Å². The van der Waals surface area contributed by atoms with E-state index >= 15 is 0 Å². The van der Waals surface area contributed by atoms with E-state index < -0.39 is 0 Å². The van der Waals surface area contributed by atoms with Crippen LogP contribution in [0.1, 0.15) is 10.4 Å². The molecule has 0 aliphatic rings. The molecule has 0 spiro atoms. The molecule has 0 saturated heterocycles. The Hall–Kier alpha value is -2.07. The highest BCUT2D eigenvalue weighted by molar-refractivity contribution is 6.00. The minimum absolute atomic E-state index is 0.291. The third-order valence-electron chi connectivity index (χ3n) is 2.19. The van der Waals surface area contributed by atoms with E-state index in [0.717, 1.165) is 11.3 Å². The number of H-pyrrole nitrogens is 1. The molecular weight excluding hydrogens is 190 g/mol. The molecule has 0 bridgehead atoms. The molecule has 2 aromatic rings. The number of amides is 1. The lowest BCUT2D eigenvalue weighted by atomic mass is 10.0. The number of hydrogen-bond donors (Lipinski definition) is 3. The normalized spacial score (nSPS) is 9.93. The van der Waals surface area contributed by atoms with Crippen LogP contribution in [0.2, 0.25) is 0 Å². The van der Waals surface area contributed by atoms with Crippen LogP contribution in [0.5, 0.6) is 0 Å². The van der Waals surface area contributed by atoms with E-state index in [1.165, 1.54) is 0 Å². The van der Waals surface area contributed by atoms with Gasteiger partial charge in [-0.3, -0.25) is 10.2 Å². The van der Waals surface area contributed by atoms with E-state index in [2.05, 4.69) is 10.4 Å². The van der Waals surface area contributed by atoms with Crippen LogP contribution >= 0.6 is 0 Å². The molecule has 4 nitrogen and oxygen atoms in total. The summed E-state index contributed by atoms with van der Waals surface area (Å²) in [6.45, 7) is 0. The van der Waals surface area contributed by atoms with Crippen LogP contribution < -0.4 is 11.3 Å². The molecule has 4 N–H and O–H groups in total. The fraction of sp³-hybridized carbons (Fsp3) is 0. The third kappa shape index (κ3) is 1.75. The first kappa shape index (κ1) is 9.48. The van der Waals surface area contributed by atoms with Gasteiger partial charge in [-0.25, -0.2) is 5.84 Å². The van der Waals surface area contributed by atoms with Crippen molar-refractivity contribution in [2.45, 2.75) is 0 Å². The molecule has 76 valence electrons. The van der Waals surface area contributed by atoms with Gasteiger partial charge in [0.2, 0.25) is 0 Å². The summed E-state index contributed by atoms with van der Waals surface area (Å²) in [5.41, 5.74) is 4.42. The number of nitrogens with two attached hydrogens (primary N) is 1. The molecular formula is C11H11N3O. The average Bonchev–Trinajstić information content (AvgIpc) is 2.81. The van der Waals surface area contributed by atoms with Crippen LogP contribution in [-0.2, 0) is 0 Å². The topological polar surface area (TPSA) is 70.9 Å². The number of hydrazine groups is 1. The second-order valence-electron chi connectivity index (χ2n) is 3.10. The summed E-state index contributed by atoms with van der Waals surface area (Å²) >= 11 is 0. The van der Waals surface area contributed by atoms with E-state index in [0.29, 0.717) is 5.56 Å². The van der Waals surface area contributed by atoms with E-state index in [1.54, 1.807) is 12.1 Å². The van der Waals surface area contributed by atoms with E-state index in [1.807, 2.05) is 30.5 Å². The number of rotatable bonds is 2. The SMILES string of the molecule is NNC(=O)c1ccccc1-c1ccc[nH]1. The second kappa shape index (κ2) is 3.98. The molecule has 0 fully saturated rings. The Labute approximate surface area is 87.1 Å². The van der Waals surface area contributed by atoms with Crippen LogP contribution in [0.15, 0.2) is 42.6 Å².